The molecule has 0 aliphatic carbocycles. The van der Waals surface area contributed by atoms with E-state index in [4.69, 9.17) is 18.5 Å². The van der Waals surface area contributed by atoms with Crippen LogP contribution in [0.3, 0.4) is 0 Å². The summed E-state index contributed by atoms with van der Waals surface area (Å²) in [5.41, 5.74) is 0. The molecule has 0 rings (SSSR count). The predicted octanol–water partition coefficient (Wildman–Crippen LogP) is 12.1. The van der Waals surface area contributed by atoms with Crippen LogP contribution in [0.15, 0.2) is 12.2 Å². The lowest BCUT2D eigenvalue weighted by Crippen LogP contribution is -2.29. The van der Waals surface area contributed by atoms with Gasteiger partial charge in [0.1, 0.15) is 6.61 Å². The number of ether oxygens (including phenoxy) is 2. The molecule has 0 aliphatic heterocycles. The molecule has 9 nitrogen and oxygen atoms in total. The Balaban J connectivity index is 4.15. The Labute approximate surface area is 320 Å². The summed E-state index contributed by atoms with van der Waals surface area (Å²) in [5.74, 6) is -0.808. The van der Waals surface area contributed by atoms with Gasteiger partial charge in [-0.15, -0.1) is 0 Å². The van der Waals surface area contributed by atoms with Crippen LogP contribution in [-0.4, -0.2) is 56.3 Å². The molecular formula is C42H82NO8P. The van der Waals surface area contributed by atoms with Crippen molar-refractivity contribution in [3.8, 4) is 0 Å². The number of rotatable bonds is 41. The second kappa shape index (κ2) is 39.4. The first-order chi connectivity index (χ1) is 25.3. The van der Waals surface area contributed by atoms with Gasteiger partial charge < -0.3 is 19.7 Å². The average Bonchev–Trinajstić information content (AvgIpc) is 3.12. The number of phosphoric ester groups is 1. The first-order valence-corrected chi connectivity index (χ1v) is 23.1. The highest BCUT2D eigenvalue weighted by Gasteiger charge is 2.26. The molecule has 0 heterocycles. The fraction of sp³-hybridized carbons (Fsp3) is 0.905. The van der Waals surface area contributed by atoms with Crippen molar-refractivity contribution >= 4 is 19.8 Å². The first kappa shape index (κ1) is 50.8. The Hall–Kier alpha value is -1.25. The molecule has 0 aromatic heterocycles. The monoisotopic (exact) mass is 760 g/mol. The van der Waals surface area contributed by atoms with Crippen molar-refractivity contribution in [2.75, 3.05) is 33.4 Å². The van der Waals surface area contributed by atoms with E-state index in [-0.39, 0.29) is 32.0 Å². The molecule has 0 saturated heterocycles. The van der Waals surface area contributed by atoms with Gasteiger partial charge in [-0.25, -0.2) is 4.57 Å². The lowest BCUT2D eigenvalue weighted by molar-refractivity contribution is -0.161. The lowest BCUT2D eigenvalue weighted by atomic mass is 10.0. The summed E-state index contributed by atoms with van der Waals surface area (Å²) >= 11 is 0. The van der Waals surface area contributed by atoms with Gasteiger partial charge >= 0.3 is 19.8 Å². The SMILES string of the molecule is CCCC/C=C\CCCCCCCC(=O)OCC(COP(=O)(O)OCCNC)OC(=O)CCCCCCCCCCCCCCCCCCCCC. The maximum Gasteiger partial charge on any atom is 0.472 e. The molecule has 0 saturated carbocycles. The Bertz CT molecular complexity index is 871. The highest BCUT2D eigenvalue weighted by atomic mass is 31.2. The standard InChI is InChI=1S/C42H82NO8P/c1-4-6-8-10-12-14-16-17-18-19-20-21-22-23-25-27-29-31-33-35-42(45)51-40(39-50-52(46,47)49-37-36-43-3)38-48-41(44)34-32-30-28-26-24-15-13-11-9-7-5-2/h11,13,40,43H,4-10,12,14-39H2,1-3H3,(H,46,47)/b13-11-. The third kappa shape index (κ3) is 38.5. The Kier molecular flexibility index (Phi) is 38.5. The Morgan fingerprint density at radius 2 is 1.00 bits per heavy atom. The number of hydrogen-bond donors (Lipinski definition) is 2. The van der Waals surface area contributed by atoms with E-state index >= 15 is 0 Å². The molecule has 10 heteroatoms. The van der Waals surface area contributed by atoms with Crippen molar-refractivity contribution in [2.45, 2.75) is 213 Å². The van der Waals surface area contributed by atoms with Crippen LogP contribution in [0.25, 0.3) is 0 Å². The van der Waals surface area contributed by atoms with Crippen LogP contribution in [0.1, 0.15) is 206 Å². The lowest BCUT2D eigenvalue weighted by Gasteiger charge is -2.20. The van der Waals surface area contributed by atoms with Crippen molar-refractivity contribution in [1.29, 1.82) is 0 Å². The minimum atomic E-state index is -4.34. The number of likely N-dealkylation sites (N-methyl/N-ethyl adjacent to an activating group) is 1. The first-order valence-electron chi connectivity index (χ1n) is 21.6. The van der Waals surface area contributed by atoms with Crippen LogP contribution < -0.4 is 5.32 Å². The summed E-state index contributed by atoms with van der Waals surface area (Å²) in [6, 6.07) is 0. The zero-order chi connectivity index (χ0) is 38.2. The maximum atomic E-state index is 12.6. The number of carbonyl (C=O) groups excluding carboxylic acids is 2. The number of hydrogen-bond acceptors (Lipinski definition) is 8. The topological polar surface area (TPSA) is 120 Å². The minimum absolute atomic E-state index is 0.0151. The molecule has 0 aromatic carbocycles. The third-order valence-electron chi connectivity index (χ3n) is 9.39. The van der Waals surface area contributed by atoms with Crippen molar-refractivity contribution in [3.05, 3.63) is 12.2 Å². The molecule has 0 bridgehead atoms. The average molecular weight is 760 g/mol. The summed E-state index contributed by atoms with van der Waals surface area (Å²) in [6.07, 6.45) is 38.3. The van der Waals surface area contributed by atoms with Crippen LogP contribution in [0.5, 0.6) is 0 Å². The molecule has 2 N–H and O–H groups in total. The molecule has 0 amide bonds. The van der Waals surface area contributed by atoms with Gasteiger partial charge in [0.05, 0.1) is 13.2 Å². The van der Waals surface area contributed by atoms with Gasteiger partial charge in [0.2, 0.25) is 0 Å². The zero-order valence-corrected chi connectivity index (χ0v) is 34.9. The van der Waals surface area contributed by atoms with Crippen LogP contribution in [0.2, 0.25) is 0 Å². The Morgan fingerprint density at radius 3 is 1.48 bits per heavy atom. The second-order valence-corrected chi connectivity index (χ2v) is 16.0. The van der Waals surface area contributed by atoms with Crippen LogP contribution in [0.4, 0.5) is 0 Å². The summed E-state index contributed by atoms with van der Waals surface area (Å²) in [6.45, 7) is 4.20. The van der Waals surface area contributed by atoms with E-state index in [9.17, 15) is 19.0 Å². The van der Waals surface area contributed by atoms with Crippen molar-refractivity contribution in [2.24, 2.45) is 0 Å². The Morgan fingerprint density at radius 1 is 0.577 bits per heavy atom. The van der Waals surface area contributed by atoms with Gasteiger partial charge in [0.15, 0.2) is 6.10 Å². The van der Waals surface area contributed by atoms with E-state index in [0.717, 1.165) is 57.8 Å². The van der Waals surface area contributed by atoms with Gasteiger partial charge in [-0.2, -0.15) is 0 Å². The molecule has 2 atom stereocenters. The fourth-order valence-electron chi connectivity index (χ4n) is 6.06. The zero-order valence-electron chi connectivity index (χ0n) is 34.0. The van der Waals surface area contributed by atoms with Gasteiger partial charge in [0, 0.05) is 19.4 Å². The molecule has 52 heavy (non-hydrogen) atoms. The number of unbranched alkanes of at least 4 members (excludes halogenated alkanes) is 25. The summed E-state index contributed by atoms with van der Waals surface area (Å²) in [4.78, 5) is 35.0. The number of allylic oxidation sites excluding steroid dienone is 2. The van der Waals surface area contributed by atoms with Crippen LogP contribution in [-0.2, 0) is 32.7 Å². The van der Waals surface area contributed by atoms with Crippen LogP contribution >= 0.6 is 7.82 Å². The molecule has 308 valence electrons. The van der Waals surface area contributed by atoms with Crippen molar-refractivity contribution < 1.29 is 37.6 Å². The quantitative estimate of drug-likeness (QED) is 0.0271. The maximum absolute atomic E-state index is 12.6. The highest BCUT2D eigenvalue weighted by Crippen LogP contribution is 2.43. The van der Waals surface area contributed by atoms with E-state index in [0.29, 0.717) is 13.0 Å². The van der Waals surface area contributed by atoms with Gasteiger partial charge in [-0.1, -0.05) is 174 Å². The molecule has 0 radical (unpaired) electrons. The smallest absolute Gasteiger partial charge is 0.462 e. The summed E-state index contributed by atoms with van der Waals surface area (Å²) in [5, 5.41) is 2.82. The molecule has 0 aromatic rings. The number of phosphoric acid groups is 1. The largest absolute Gasteiger partial charge is 0.472 e. The number of nitrogens with one attached hydrogen (secondary N) is 1. The minimum Gasteiger partial charge on any atom is -0.462 e. The predicted molar refractivity (Wildman–Crippen MR) is 215 cm³/mol. The van der Waals surface area contributed by atoms with E-state index in [1.54, 1.807) is 7.05 Å². The number of carbonyl (C=O) groups is 2. The van der Waals surface area contributed by atoms with Gasteiger partial charge in [-0.3, -0.25) is 18.6 Å². The normalized spacial score (nSPS) is 13.4. The van der Waals surface area contributed by atoms with Crippen molar-refractivity contribution in [1.82, 2.24) is 5.32 Å². The summed E-state index contributed by atoms with van der Waals surface area (Å²) < 4.78 is 33.1. The van der Waals surface area contributed by atoms with Crippen molar-refractivity contribution in [3.63, 3.8) is 0 Å². The van der Waals surface area contributed by atoms with E-state index in [1.807, 2.05) is 0 Å². The van der Waals surface area contributed by atoms with E-state index in [1.165, 1.54) is 116 Å². The molecule has 0 aliphatic rings. The molecule has 0 spiro atoms. The van der Waals surface area contributed by atoms with Gasteiger partial charge in [-0.05, 0) is 39.2 Å². The molecule has 2 unspecified atom stereocenters. The van der Waals surface area contributed by atoms with E-state index < -0.39 is 26.5 Å². The van der Waals surface area contributed by atoms with Gasteiger partial charge in [0.25, 0.3) is 0 Å². The third-order valence-corrected chi connectivity index (χ3v) is 10.4. The van der Waals surface area contributed by atoms with E-state index in [2.05, 4.69) is 31.3 Å². The molecule has 0 fully saturated rings. The fourth-order valence-corrected chi connectivity index (χ4v) is 6.82. The number of esters is 2. The second-order valence-electron chi connectivity index (χ2n) is 14.5. The van der Waals surface area contributed by atoms with Crippen LogP contribution in [0, 0.1) is 0 Å². The highest BCUT2D eigenvalue weighted by molar-refractivity contribution is 7.47. The molecular weight excluding hydrogens is 677 g/mol. The summed E-state index contributed by atoms with van der Waals surface area (Å²) in [7, 11) is -2.64.